The molecular formula is C27H23BrN2O6. The van der Waals surface area contributed by atoms with Gasteiger partial charge in [-0.2, -0.15) is 5.26 Å². The number of carbonyl (C=O) groups is 2. The highest BCUT2D eigenvalue weighted by Crippen LogP contribution is 2.37. The van der Waals surface area contributed by atoms with E-state index in [9.17, 15) is 14.9 Å². The van der Waals surface area contributed by atoms with E-state index in [1.165, 1.54) is 25.3 Å². The molecule has 0 aliphatic carbocycles. The van der Waals surface area contributed by atoms with Crippen LogP contribution in [0.4, 0.5) is 0 Å². The molecular weight excluding hydrogens is 528 g/mol. The van der Waals surface area contributed by atoms with Gasteiger partial charge in [-0.05, 0) is 75.1 Å². The lowest BCUT2D eigenvalue weighted by Gasteiger charge is -2.14. The molecule has 0 bridgehead atoms. The van der Waals surface area contributed by atoms with Crippen LogP contribution in [-0.2, 0) is 17.9 Å². The zero-order valence-corrected chi connectivity index (χ0v) is 21.2. The van der Waals surface area contributed by atoms with Gasteiger partial charge in [0.2, 0.25) is 0 Å². The van der Waals surface area contributed by atoms with Gasteiger partial charge in [0, 0.05) is 6.54 Å². The summed E-state index contributed by atoms with van der Waals surface area (Å²) >= 11 is 3.46. The molecule has 3 aromatic rings. The summed E-state index contributed by atoms with van der Waals surface area (Å²) in [5.41, 5.74) is 2.33. The summed E-state index contributed by atoms with van der Waals surface area (Å²) in [5, 5.41) is 21.3. The number of rotatable bonds is 10. The Morgan fingerprint density at radius 2 is 1.69 bits per heavy atom. The molecule has 0 saturated heterocycles. The Balaban J connectivity index is 1.72. The van der Waals surface area contributed by atoms with Crippen molar-refractivity contribution in [3.05, 3.63) is 93.0 Å². The van der Waals surface area contributed by atoms with E-state index in [0.717, 1.165) is 11.1 Å². The van der Waals surface area contributed by atoms with Crippen LogP contribution in [0.3, 0.4) is 0 Å². The van der Waals surface area contributed by atoms with E-state index < -0.39 is 11.9 Å². The molecule has 0 saturated carbocycles. The summed E-state index contributed by atoms with van der Waals surface area (Å²) in [6, 6.07) is 18.9. The van der Waals surface area contributed by atoms with Crippen molar-refractivity contribution in [2.24, 2.45) is 0 Å². The van der Waals surface area contributed by atoms with E-state index in [0.29, 0.717) is 27.3 Å². The maximum absolute atomic E-state index is 12.6. The molecule has 0 radical (unpaired) electrons. The molecule has 0 unspecified atom stereocenters. The Morgan fingerprint density at radius 1 is 1.03 bits per heavy atom. The van der Waals surface area contributed by atoms with Crippen LogP contribution in [0.1, 0.15) is 27.0 Å². The summed E-state index contributed by atoms with van der Waals surface area (Å²) in [4.78, 5) is 23.6. The Kier molecular flexibility index (Phi) is 9.08. The highest BCUT2D eigenvalue weighted by Gasteiger charge is 2.14. The number of nitrogens with one attached hydrogen (secondary N) is 1. The number of methoxy groups -OCH3 is 2. The highest BCUT2D eigenvalue weighted by molar-refractivity contribution is 9.10. The molecule has 3 aromatic carbocycles. The van der Waals surface area contributed by atoms with Crippen molar-refractivity contribution in [1.82, 2.24) is 5.32 Å². The lowest BCUT2D eigenvalue weighted by molar-refractivity contribution is -0.117. The molecule has 8 nitrogen and oxygen atoms in total. The van der Waals surface area contributed by atoms with Gasteiger partial charge in [-0.1, -0.05) is 24.3 Å². The Labute approximate surface area is 216 Å². The number of nitriles is 1. The van der Waals surface area contributed by atoms with Crippen molar-refractivity contribution in [3.8, 4) is 23.3 Å². The van der Waals surface area contributed by atoms with E-state index >= 15 is 0 Å². The summed E-state index contributed by atoms with van der Waals surface area (Å²) in [5.74, 6) is 0.0362. The zero-order valence-electron chi connectivity index (χ0n) is 19.6. The van der Waals surface area contributed by atoms with Crippen molar-refractivity contribution >= 4 is 33.9 Å². The first-order valence-electron chi connectivity index (χ1n) is 10.7. The van der Waals surface area contributed by atoms with E-state index in [-0.39, 0.29) is 24.3 Å². The molecule has 0 aromatic heterocycles. The maximum Gasteiger partial charge on any atom is 0.335 e. The second kappa shape index (κ2) is 12.4. The highest BCUT2D eigenvalue weighted by atomic mass is 79.9. The number of carbonyl (C=O) groups excluding carboxylic acids is 1. The average Bonchev–Trinajstić information content (AvgIpc) is 2.89. The van der Waals surface area contributed by atoms with Crippen LogP contribution in [0, 0.1) is 11.3 Å². The Morgan fingerprint density at radius 3 is 2.28 bits per heavy atom. The minimum absolute atomic E-state index is 0.0651. The molecule has 1 amide bonds. The standard InChI is InChI=1S/C27H23BrN2O6/c1-34-22-9-5-17(6-10-22)15-30-26(31)21(14-29)11-19-12-23(28)25(24(13-19)35-2)36-16-18-3-7-20(8-4-18)27(32)33/h3-13H,15-16H2,1-2H3,(H,30,31)(H,32,33)/b21-11-. The molecule has 0 spiro atoms. The van der Waals surface area contributed by atoms with E-state index in [1.54, 1.807) is 43.5 Å². The minimum Gasteiger partial charge on any atom is -0.497 e. The van der Waals surface area contributed by atoms with E-state index in [4.69, 9.17) is 19.3 Å². The summed E-state index contributed by atoms with van der Waals surface area (Å²) in [7, 11) is 3.06. The summed E-state index contributed by atoms with van der Waals surface area (Å²) < 4.78 is 17.0. The van der Waals surface area contributed by atoms with E-state index in [1.807, 2.05) is 18.2 Å². The summed E-state index contributed by atoms with van der Waals surface area (Å²) in [6.45, 7) is 0.441. The number of halogens is 1. The average molecular weight is 551 g/mol. The number of carboxylic acid groups (broad SMARTS) is 1. The van der Waals surface area contributed by atoms with Crippen LogP contribution in [0.25, 0.3) is 6.08 Å². The second-order valence-corrected chi connectivity index (χ2v) is 8.38. The lowest BCUT2D eigenvalue weighted by Crippen LogP contribution is -2.23. The quantitative estimate of drug-likeness (QED) is 0.270. The number of carboxylic acids is 1. The number of hydrogen-bond donors (Lipinski definition) is 2. The fraction of sp³-hybridized carbons (Fsp3) is 0.148. The third-order valence-electron chi connectivity index (χ3n) is 5.12. The monoisotopic (exact) mass is 550 g/mol. The predicted molar refractivity (Wildman–Crippen MR) is 137 cm³/mol. The first-order valence-corrected chi connectivity index (χ1v) is 11.5. The minimum atomic E-state index is -0.998. The fourth-order valence-electron chi connectivity index (χ4n) is 3.20. The molecule has 3 rings (SSSR count). The number of nitrogens with zero attached hydrogens (tertiary/aromatic N) is 1. The molecule has 0 heterocycles. The van der Waals surface area contributed by atoms with Crippen LogP contribution in [-0.4, -0.2) is 31.2 Å². The van der Waals surface area contributed by atoms with Crippen LogP contribution in [0.2, 0.25) is 0 Å². The molecule has 0 aliphatic rings. The molecule has 184 valence electrons. The first-order chi connectivity index (χ1) is 17.3. The van der Waals surface area contributed by atoms with Gasteiger partial charge in [-0.15, -0.1) is 0 Å². The Bertz CT molecular complexity index is 1310. The third kappa shape index (κ3) is 6.87. The second-order valence-electron chi connectivity index (χ2n) is 7.53. The normalized spacial score (nSPS) is 10.8. The van der Waals surface area contributed by atoms with Gasteiger partial charge in [0.05, 0.1) is 24.3 Å². The van der Waals surface area contributed by atoms with Gasteiger partial charge in [-0.3, -0.25) is 4.79 Å². The van der Waals surface area contributed by atoms with Crippen LogP contribution in [0.5, 0.6) is 17.2 Å². The van der Waals surface area contributed by atoms with E-state index in [2.05, 4.69) is 21.2 Å². The van der Waals surface area contributed by atoms with Gasteiger partial charge in [-0.25, -0.2) is 4.79 Å². The van der Waals surface area contributed by atoms with Gasteiger partial charge < -0.3 is 24.6 Å². The number of benzene rings is 3. The summed E-state index contributed by atoms with van der Waals surface area (Å²) in [6.07, 6.45) is 1.46. The zero-order chi connectivity index (χ0) is 26.1. The van der Waals surface area contributed by atoms with Gasteiger partial charge >= 0.3 is 5.97 Å². The largest absolute Gasteiger partial charge is 0.497 e. The first kappa shape index (κ1) is 26.3. The third-order valence-corrected chi connectivity index (χ3v) is 5.71. The van der Waals surface area contributed by atoms with Crippen molar-refractivity contribution in [2.75, 3.05) is 14.2 Å². The maximum atomic E-state index is 12.6. The molecule has 0 atom stereocenters. The number of ether oxygens (including phenoxy) is 3. The van der Waals surface area contributed by atoms with Gasteiger partial charge in [0.25, 0.3) is 5.91 Å². The molecule has 2 N–H and O–H groups in total. The molecule has 36 heavy (non-hydrogen) atoms. The van der Waals surface area contributed by atoms with Crippen LogP contribution in [0.15, 0.2) is 70.7 Å². The molecule has 0 aliphatic heterocycles. The fourth-order valence-corrected chi connectivity index (χ4v) is 3.77. The van der Waals surface area contributed by atoms with Crippen molar-refractivity contribution in [1.29, 1.82) is 5.26 Å². The predicted octanol–water partition coefficient (Wildman–Crippen LogP) is 4.97. The van der Waals surface area contributed by atoms with Crippen molar-refractivity contribution in [3.63, 3.8) is 0 Å². The number of aromatic carboxylic acids is 1. The van der Waals surface area contributed by atoms with Gasteiger partial charge in [0.15, 0.2) is 11.5 Å². The number of hydrogen-bond acceptors (Lipinski definition) is 6. The number of amides is 1. The SMILES string of the molecule is COc1ccc(CNC(=O)/C(C#N)=C\c2cc(Br)c(OCc3ccc(C(=O)O)cc3)c(OC)c2)cc1. The van der Waals surface area contributed by atoms with Crippen molar-refractivity contribution in [2.45, 2.75) is 13.2 Å². The van der Waals surface area contributed by atoms with Crippen LogP contribution < -0.4 is 19.5 Å². The smallest absolute Gasteiger partial charge is 0.335 e. The van der Waals surface area contributed by atoms with Crippen LogP contribution >= 0.6 is 15.9 Å². The molecule has 0 fully saturated rings. The lowest BCUT2D eigenvalue weighted by atomic mass is 10.1. The Hall–Kier alpha value is -4.29. The topological polar surface area (TPSA) is 118 Å². The molecule has 9 heteroatoms. The van der Waals surface area contributed by atoms with Gasteiger partial charge in [0.1, 0.15) is 24.0 Å². The van der Waals surface area contributed by atoms with Crippen molar-refractivity contribution < 1.29 is 28.9 Å².